The van der Waals surface area contributed by atoms with Crippen LogP contribution in [-0.2, 0) is 16.6 Å². The van der Waals surface area contributed by atoms with Gasteiger partial charge in [-0.2, -0.15) is 0 Å². The second-order valence-corrected chi connectivity index (χ2v) is 9.40. The number of hydrogen-bond donors (Lipinski definition) is 2. The largest absolute Gasteiger partial charge is 0.489 e. The van der Waals surface area contributed by atoms with Gasteiger partial charge in [0.2, 0.25) is 10.0 Å². The van der Waals surface area contributed by atoms with E-state index < -0.39 is 21.5 Å². The molecular weight excluding hydrogens is 404 g/mol. The second-order valence-electron chi connectivity index (χ2n) is 7.71. The molecule has 1 amide bonds. The van der Waals surface area contributed by atoms with Gasteiger partial charge in [0.05, 0.1) is 11.2 Å². The Hall–Kier alpha value is -3.10. The number of nitrogens with one attached hydrogen (secondary N) is 2. The summed E-state index contributed by atoms with van der Waals surface area (Å²) in [7, 11) is -3.72. The van der Waals surface area contributed by atoms with Crippen molar-refractivity contribution < 1.29 is 22.4 Å². The van der Waals surface area contributed by atoms with Crippen molar-refractivity contribution in [3.63, 3.8) is 0 Å². The van der Waals surface area contributed by atoms with Crippen LogP contribution in [0.1, 0.15) is 36.9 Å². The summed E-state index contributed by atoms with van der Waals surface area (Å²) in [5, 5.41) is 2.68. The molecule has 158 valence electrons. The van der Waals surface area contributed by atoms with Crippen LogP contribution in [0.15, 0.2) is 76.2 Å². The van der Waals surface area contributed by atoms with Crippen molar-refractivity contribution in [2.24, 2.45) is 0 Å². The Balaban J connectivity index is 1.72. The second kappa shape index (κ2) is 8.73. The average molecular weight is 429 g/mol. The molecule has 0 saturated carbocycles. The van der Waals surface area contributed by atoms with Gasteiger partial charge in [-0.15, -0.1) is 0 Å². The number of furan rings is 1. The monoisotopic (exact) mass is 428 g/mol. The van der Waals surface area contributed by atoms with E-state index in [1.807, 2.05) is 30.3 Å². The van der Waals surface area contributed by atoms with Gasteiger partial charge in [-0.05, 0) is 57.2 Å². The minimum absolute atomic E-state index is 0.0577. The summed E-state index contributed by atoms with van der Waals surface area (Å²) in [6.07, 6.45) is 1.41. The number of ether oxygens (including phenoxy) is 1. The number of rotatable bonds is 7. The van der Waals surface area contributed by atoms with Crippen molar-refractivity contribution in [3.8, 4) is 5.75 Å². The summed E-state index contributed by atoms with van der Waals surface area (Å²) in [5.74, 6) is 0.284. The van der Waals surface area contributed by atoms with Crippen molar-refractivity contribution in [3.05, 3.63) is 78.3 Å². The molecule has 3 rings (SSSR count). The summed E-state index contributed by atoms with van der Waals surface area (Å²) >= 11 is 0. The Kier molecular flexibility index (Phi) is 6.28. The van der Waals surface area contributed by atoms with Crippen LogP contribution in [0.5, 0.6) is 5.75 Å². The highest BCUT2D eigenvalue weighted by Crippen LogP contribution is 2.20. The highest BCUT2D eigenvalue weighted by Gasteiger charge is 2.23. The topological polar surface area (TPSA) is 97.6 Å². The van der Waals surface area contributed by atoms with Gasteiger partial charge in [0.15, 0.2) is 5.76 Å². The predicted molar refractivity (Wildman–Crippen MR) is 114 cm³/mol. The molecule has 0 atom stereocenters. The SMILES string of the molecule is CC(C)(C)NS(=O)(=O)c1cccc(NC(=O)c2occc2COc2ccccc2)c1. The van der Waals surface area contributed by atoms with Crippen LogP contribution >= 0.6 is 0 Å². The van der Waals surface area contributed by atoms with Gasteiger partial charge >= 0.3 is 0 Å². The van der Waals surface area contributed by atoms with Crippen LogP contribution in [-0.4, -0.2) is 19.9 Å². The van der Waals surface area contributed by atoms with Crippen molar-refractivity contribution in [1.82, 2.24) is 4.72 Å². The number of hydrogen-bond acceptors (Lipinski definition) is 5. The maximum Gasteiger partial charge on any atom is 0.291 e. The van der Waals surface area contributed by atoms with Crippen molar-refractivity contribution in [1.29, 1.82) is 0 Å². The highest BCUT2D eigenvalue weighted by molar-refractivity contribution is 7.89. The predicted octanol–water partition coefficient (Wildman–Crippen LogP) is 4.19. The number of carbonyl (C=O) groups excluding carboxylic acids is 1. The van der Waals surface area contributed by atoms with E-state index >= 15 is 0 Å². The van der Waals surface area contributed by atoms with Crippen molar-refractivity contribution in [2.45, 2.75) is 37.8 Å². The summed E-state index contributed by atoms with van der Waals surface area (Å²) in [6, 6.07) is 16.9. The average Bonchev–Trinajstić information content (AvgIpc) is 3.14. The number of sulfonamides is 1. The molecule has 0 aliphatic heterocycles. The summed E-state index contributed by atoms with van der Waals surface area (Å²) in [4.78, 5) is 12.7. The summed E-state index contributed by atoms with van der Waals surface area (Å²) < 4.78 is 38.6. The van der Waals surface area contributed by atoms with Gasteiger partial charge in [-0.25, -0.2) is 13.1 Å². The fourth-order valence-corrected chi connectivity index (χ4v) is 4.18. The van der Waals surface area contributed by atoms with Crippen LogP contribution < -0.4 is 14.8 Å². The molecule has 0 spiro atoms. The molecule has 8 heteroatoms. The molecule has 0 aliphatic rings. The standard InChI is InChI=1S/C22H24N2O5S/c1-22(2,3)24-30(26,27)19-11-7-8-17(14-19)23-21(25)20-16(12-13-28-20)15-29-18-9-5-4-6-10-18/h4-14,24H,15H2,1-3H3,(H,23,25). The zero-order valence-corrected chi connectivity index (χ0v) is 17.8. The van der Waals surface area contributed by atoms with Gasteiger partial charge in [0.1, 0.15) is 12.4 Å². The number of amides is 1. The van der Waals surface area contributed by atoms with Gasteiger partial charge < -0.3 is 14.5 Å². The van der Waals surface area contributed by atoms with E-state index in [0.717, 1.165) is 0 Å². The zero-order chi connectivity index (χ0) is 21.8. The van der Waals surface area contributed by atoms with Gasteiger partial charge in [-0.1, -0.05) is 24.3 Å². The highest BCUT2D eigenvalue weighted by atomic mass is 32.2. The molecule has 30 heavy (non-hydrogen) atoms. The Bertz CT molecular complexity index is 1120. The molecule has 0 aliphatic carbocycles. The van der Waals surface area contributed by atoms with Gasteiger partial charge in [-0.3, -0.25) is 4.79 Å². The maximum absolute atomic E-state index is 12.7. The molecule has 0 radical (unpaired) electrons. The Labute approximate surface area is 176 Å². The number of para-hydroxylation sites is 1. The molecule has 0 saturated heterocycles. The lowest BCUT2D eigenvalue weighted by Crippen LogP contribution is -2.40. The fraction of sp³-hybridized carbons (Fsp3) is 0.227. The maximum atomic E-state index is 12.7. The first kappa shape index (κ1) is 21.6. The first-order chi connectivity index (χ1) is 14.1. The van der Waals surface area contributed by atoms with Gasteiger partial charge in [0, 0.05) is 16.8 Å². The molecule has 2 aromatic carbocycles. The van der Waals surface area contributed by atoms with Crippen LogP contribution in [0.2, 0.25) is 0 Å². The molecule has 3 aromatic rings. The third kappa shape index (κ3) is 5.71. The fourth-order valence-electron chi connectivity index (χ4n) is 2.72. The number of benzene rings is 2. The molecule has 7 nitrogen and oxygen atoms in total. The van der Waals surface area contributed by atoms with Gasteiger partial charge in [0.25, 0.3) is 5.91 Å². The third-order valence-corrected chi connectivity index (χ3v) is 5.69. The van der Waals surface area contributed by atoms with E-state index in [9.17, 15) is 13.2 Å². The first-order valence-electron chi connectivity index (χ1n) is 9.34. The van der Waals surface area contributed by atoms with Crippen LogP contribution in [0, 0.1) is 0 Å². The third-order valence-electron chi connectivity index (χ3n) is 3.93. The minimum atomic E-state index is -3.72. The molecule has 0 unspecified atom stereocenters. The summed E-state index contributed by atoms with van der Waals surface area (Å²) in [6.45, 7) is 5.43. The molecule has 0 bridgehead atoms. The van der Waals surface area contributed by atoms with E-state index in [1.165, 1.54) is 18.4 Å². The van der Waals surface area contributed by atoms with Crippen molar-refractivity contribution >= 4 is 21.6 Å². The molecule has 2 N–H and O–H groups in total. The van der Waals surface area contributed by atoms with E-state index in [-0.39, 0.29) is 17.3 Å². The van der Waals surface area contributed by atoms with E-state index in [1.54, 1.807) is 39.0 Å². The molecule has 1 aromatic heterocycles. The van der Waals surface area contributed by atoms with Crippen LogP contribution in [0.4, 0.5) is 5.69 Å². The quantitative estimate of drug-likeness (QED) is 0.588. The normalized spacial score (nSPS) is 11.8. The van der Waals surface area contributed by atoms with Crippen molar-refractivity contribution in [2.75, 3.05) is 5.32 Å². The number of carbonyl (C=O) groups is 1. The summed E-state index contributed by atoms with van der Waals surface area (Å²) in [5.41, 5.74) is 0.289. The minimum Gasteiger partial charge on any atom is -0.489 e. The molecule has 0 fully saturated rings. The molecule has 1 heterocycles. The Morgan fingerprint density at radius 1 is 1.03 bits per heavy atom. The van der Waals surface area contributed by atoms with E-state index in [2.05, 4.69) is 10.0 Å². The van der Waals surface area contributed by atoms with Crippen LogP contribution in [0.3, 0.4) is 0 Å². The number of anilines is 1. The Morgan fingerprint density at radius 3 is 2.47 bits per heavy atom. The first-order valence-corrected chi connectivity index (χ1v) is 10.8. The smallest absolute Gasteiger partial charge is 0.291 e. The van der Waals surface area contributed by atoms with E-state index in [4.69, 9.17) is 9.15 Å². The lowest BCUT2D eigenvalue weighted by atomic mass is 10.1. The molecular formula is C22H24N2O5S. The lowest BCUT2D eigenvalue weighted by Gasteiger charge is -2.20. The van der Waals surface area contributed by atoms with E-state index in [0.29, 0.717) is 17.0 Å². The Morgan fingerprint density at radius 2 is 1.77 bits per heavy atom. The zero-order valence-electron chi connectivity index (χ0n) is 17.0. The van der Waals surface area contributed by atoms with Crippen LogP contribution in [0.25, 0.3) is 0 Å². The lowest BCUT2D eigenvalue weighted by molar-refractivity contribution is 0.0993.